The van der Waals surface area contributed by atoms with Gasteiger partial charge in [-0.3, -0.25) is 4.79 Å². The average Bonchev–Trinajstić information content (AvgIpc) is 2.61. The van der Waals surface area contributed by atoms with Crippen LogP contribution in [0.2, 0.25) is 0 Å². The van der Waals surface area contributed by atoms with E-state index < -0.39 is 23.8 Å². The Hall–Kier alpha value is -3.15. The number of amides is 1. The average molecular weight is 357 g/mol. The second kappa shape index (κ2) is 9.36. The largest absolute Gasteiger partial charge is 0.494 e. The number of benzene rings is 2. The third-order valence-electron chi connectivity index (χ3n) is 3.36. The lowest BCUT2D eigenvalue weighted by Gasteiger charge is -2.12. The van der Waals surface area contributed by atoms with Crippen molar-refractivity contribution in [2.75, 3.05) is 11.9 Å². The van der Waals surface area contributed by atoms with E-state index >= 15 is 0 Å². The lowest BCUT2D eigenvalue weighted by atomic mass is 10.2. The van der Waals surface area contributed by atoms with Crippen LogP contribution in [-0.2, 0) is 14.3 Å². The van der Waals surface area contributed by atoms with Crippen molar-refractivity contribution in [1.82, 2.24) is 0 Å². The smallest absolute Gasteiger partial charge is 0.331 e. The lowest BCUT2D eigenvalue weighted by molar-refractivity contribution is -0.148. The summed E-state index contributed by atoms with van der Waals surface area (Å²) in [6.07, 6.45) is 1.80. The van der Waals surface area contributed by atoms with Crippen LogP contribution in [0.5, 0.6) is 5.75 Å². The van der Waals surface area contributed by atoms with Gasteiger partial charge < -0.3 is 14.8 Å². The van der Waals surface area contributed by atoms with Crippen molar-refractivity contribution in [3.05, 3.63) is 66.0 Å². The highest BCUT2D eigenvalue weighted by molar-refractivity contribution is 5.96. The summed E-state index contributed by atoms with van der Waals surface area (Å²) >= 11 is 0. The maximum atomic E-state index is 13.1. The summed E-state index contributed by atoms with van der Waals surface area (Å²) in [7, 11) is 0. The van der Waals surface area contributed by atoms with E-state index in [4.69, 9.17) is 9.47 Å². The zero-order chi connectivity index (χ0) is 18.9. The van der Waals surface area contributed by atoms with Crippen molar-refractivity contribution in [2.24, 2.45) is 0 Å². The molecule has 0 heterocycles. The van der Waals surface area contributed by atoms with E-state index in [-0.39, 0.29) is 0 Å². The number of hydrogen-bond donors (Lipinski definition) is 1. The van der Waals surface area contributed by atoms with Crippen molar-refractivity contribution >= 4 is 23.6 Å². The molecule has 2 aromatic carbocycles. The molecule has 2 aromatic rings. The highest BCUT2D eigenvalue weighted by atomic mass is 19.1. The minimum atomic E-state index is -1.02. The van der Waals surface area contributed by atoms with Crippen LogP contribution in [0.25, 0.3) is 6.08 Å². The van der Waals surface area contributed by atoms with Crippen LogP contribution in [0.1, 0.15) is 19.4 Å². The van der Waals surface area contributed by atoms with Crippen molar-refractivity contribution < 1.29 is 23.5 Å². The van der Waals surface area contributed by atoms with Gasteiger partial charge in [0.25, 0.3) is 5.91 Å². The molecule has 1 N–H and O–H groups in total. The molecule has 26 heavy (non-hydrogen) atoms. The van der Waals surface area contributed by atoms with Gasteiger partial charge in [0.1, 0.15) is 11.6 Å². The molecule has 0 spiro atoms. The summed E-state index contributed by atoms with van der Waals surface area (Å²) in [5, 5.41) is 2.49. The first-order valence-corrected chi connectivity index (χ1v) is 8.16. The molecule has 1 amide bonds. The Kier molecular flexibility index (Phi) is 6.91. The first kappa shape index (κ1) is 19.2. The van der Waals surface area contributed by atoms with E-state index in [0.717, 1.165) is 11.3 Å². The second-order valence-corrected chi connectivity index (χ2v) is 5.41. The third-order valence-corrected chi connectivity index (χ3v) is 3.36. The molecule has 0 saturated carbocycles. The first-order valence-electron chi connectivity index (χ1n) is 8.16. The molecule has 0 radical (unpaired) electrons. The number of rotatable bonds is 7. The molecular weight excluding hydrogens is 337 g/mol. The van der Waals surface area contributed by atoms with Gasteiger partial charge in [-0.25, -0.2) is 9.18 Å². The zero-order valence-electron chi connectivity index (χ0n) is 14.6. The van der Waals surface area contributed by atoms with Crippen molar-refractivity contribution in [3.8, 4) is 5.75 Å². The van der Waals surface area contributed by atoms with E-state index in [0.29, 0.717) is 12.3 Å². The molecule has 6 heteroatoms. The molecule has 2 rings (SSSR count). The standard InChI is InChI=1S/C20H20FNO4/c1-3-25-18-10-7-15(8-11-18)9-12-19(23)26-14(2)20(24)22-17-6-4-5-16(21)13-17/h4-14H,3H2,1-2H3,(H,22,24)/b12-9+/t14-/m0/s1. The van der Waals surface area contributed by atoms with Gasteiger partial charge in [0.2, 0.25) is 0 Å². The van der Waals surface area contributed by atoms with Gasteiger partial charge in [0, 0.05) is 11.8 Å². The van der Waals surface area contributed by atoms with Crippen LogP contribution >= 0.6 is 0 Å². The molecule has 136 valence electrons. The number of halogens is 1. The second-order valence-electron chi connectivity index (χ2n) is 5.41. The molecule has 5 nitrogen and oxygen atoms in total. The van der Waals surface area contributed by atoms with E-state index in [1.165, 1.54) is 31.2 Å². The number of nitrogens with one attached hydrogen (secondary N) is 1. The van der Waals surface area contributed by atoms with E-state index in [1.807, 2.05) is 6.92 Å². The van der Waals surface area contributed by atoms with Gasteiger partial charge in [-0.1, -0.05) is 18.2 Å². The molecule has 0 aliphatic rings. The summed E-state index contributed by atoms with van der Waals surface area (Å²) in [6, 6.07) is 12.7. The van der Waals surface area contributed by atoms with Gasteiger partial charge in [-0.05, 0) is 55.8 Å². The van der Waals surface area contributed by atoms with Crippen molar-refractivity contribution in [3.63, 3.8) is 0 Å². The van der Waals surface area contributed by atoms with Gasteiger partial charge >= 0.3 is 5.97 Å². The fourth-order valence-corrected chi connectivity index (χ4v) is 2.08. The van der Waals surface area contributed by atoms with E-state index in [2.05, 4.69) is 5.32 Å². The summed E-state index contributed by atoms with van der Waals surface area (Å²) in [4.78, 5) is 23.8. The number of ether oxygens (including phenoxy) is 2. The van der Waals surface area contributed by atoms with Crippen molar-refractivity contribution in [1.29, 1.82) is 0 Å². The molecule has 0 bridgehead atoms. The fraction of sp³-hybridized carbons (Fsp3) is 0.200. The maximum absolute atomic E-state index is 13.1. The van der Waals surface area contributed by atoms with Crippen LogP contribution in [0, 0.1) is 5.82 Å². The van der Waals surface area contributed by atoms with Crippen LogP contribution in [0.15, 0.2) is 54.6 Å². The van der Waals surface area contributed by atoms with E-state index in [1.54, 1.807) is 36.4 Å². The van der Waals surface area contributed by atoms with Gasteiger partial charge in [0.15, 0.2) is 6.10 Å². The number of anilines is 1. The molecule has 0 aliphatic carbocycles. The normalized spacial score (nSPS) is 11.8. The lowest BCUT2D eigenvalue weighted by Crippen LogP contribution is -2.29. The summed E-state index contributed by atoms with van der Waals surface area (Å²) < 4.78 is 23.5. The van der Waals surface area contributed by atoms with Gasteiger partial charge in [-0.2, -0.15) is 0 Å². The predicted molar refractivity (Wildman–Crippen MR) is 97.2 cm³/mol. The Morgan fingerprint density at radius 3 is 2.58 bits per heavy atom. The molecule has 1 atom stereocenters. The van der Waals surface area contributed by atoms with Crippen LogP contribution in [0.4, 0.5) is 10.1 Å². The Morgan fingerprint density at radius 2 is 1.92 bits per heavy atom. The number of carbonyl (C=O) groups is 2. The molecule has 0 aromatic heterocycles. The summed E-state index contributed by atoms with van der Waals surface area (Å²) in [5.41, 5.74) is 1.09. The monoisotopic (exact) mass is 357 g/mol. The topological polar surface area (TPSA) is 64.6 Å². The number of carbonyl (C=O) groups excluding carboxylic acids is 2. The first-order chi connectivity index (χ1) is 12.5. The maximum Gasteiger partial charge on any atom is 0.331 e. The number of hydrogen-bond acceptors (Lipinski definition) is 4. The number of esters is 1. The highest BCUT2D eigenvalue weighted by Gasteiger charge is 2.16. The Labute approximate surface area is 151 Å². The summed E-state index contributed by atoms with van der Waals surface area (Å²) in [5.74, 6) is -0.917. The van der Waals surface area contributed by atoms with Crippen LogP contribution in [-0.4, -0.2) is 24.6 Å². The zero-order valence-corrected chi connectivity index (χ0v) is 14.6. The molecule has 0 aliphatic heterocycles. The summed E-state index contributed by atoms with van der Waals surface area (Å²) in [6.45, 7) is 3.92. The highest BCUT2D eigenvalue weighted by Crippen LogP contribution is 2.13. The Balaban J connectivity index is 1.86. The van der Waals surface area contributed by atoms with Crippen molar-refractivity contribution in [2.45, 2.75) is 20.0 Å². The van der Waals surface area contributed by atoms with Gasteiger partial charge in [-0.15, -0.1) is 0 Å². The molecular formula is C20H20FNO4. The molecule has 0 unspecified atom stereocenters. The van der Waals surface area contributed by atoms with Gasteiger partial charge in [0.05, 0.1) is 6.61 Å². The molecule has 0 saturated heterocycles. The Bertz CT molecular complexity index is 787. The SMILES string of the molecule is CCOc1ccc(/C=C/C(=O)O[C@@H](C)C(=O)Nc2cccc(F)c2)cc1. The fourth-order valence-electron chi connectivity index (χ4n) is 2.08. The quantitative estimate of drug-likeness (QED) is 0.605. The molecule has 0 fully saturated rings. The predicted octanol–water partition coefficient (Wildman–Crippen LogP) is 3.81. The van der Waals surface area contributed by atoms with Crippen LogP contribution < -0.4 is 10.1 Å². The third kappa shape index (κ3) is 6.05. The van der Waals surface area contributed by atoms with E-state index in [9.17, 15) is 14.0 Å². The minimum Gasteiger partial charge on any atom is -0.494 e. The van der Waals surface area contributed by atoms with Crippen LogP contribution in [0.3, 0.4) is 0 Å². The minimum absolute atomic E-state index is 0.294. The Morgan fingerprint density at radius 1 is 1.19 bits per heavy atom.